The third-order valence-electron chi connectivity index (χ3n) is 2.08. The number of anilines is 1. The van der Waals surface area contributed by atoms with Crippen molar-refractivity contribution in [1.82, 2.24) is 4.98 Å². The van der Waals surface area contributed by atoms with Gasteiger partial charge in [-0.1, -0.05) is 19.9 Å². The molecule has 0 aliphatic rings. The highest BCUT2D eigenvalue weighted by molar-refractivity contribution is 5.47. The average Bonchev–Trinajstić information content (AvgIpc) is 2.15. The van der Waals surface area contributed by atoms with Gasteiger partial charge in [-0.05, 0) is 24.0 Å². The smallest absolute Gasteiger partial charge is 0.129 e. The number of pyridine rings is 1. The van der Waals surface area contributed by atoms with Crippen LogP contribution in [0.5, 0.6) is 0 Å². The van der Waals surface area contributed by atoms with Crippen molar-refractivity contribution in [2.45, 2.75) is 26.7 Å². The first kappa shape index (κ1) is 11.0. The molecule has 0 aliphatic carbocycles. The Morgan fingerprint density at radius 1 is 1.50 bits per heavy atom. The van der Waals surface area contributed by atoms with Crippen molar-refractivity contribution < 1.29 is 5.11 Å². The first-order chi connectivity index (χ1) is 6.65. The second-order valence-corrected chi connectivity index (χ2v) is 3.76. The molecule has 0 radical (unpaired) electrons. The van der Waals surface area contributed by atoms with Gasteiger partial charge in [0.15, 0.2) is 0 Å². The number of hydrogen-bond donors (Lipinski definition) is 2. The molecule has 2 N–H and O–H groups in total. The molecule has 3 nitrogen and oxygen atoms in total. The molecule has 0 saturated heterocycles. The van der Waals surface area contributed by atoms with Crippen molar-refractivity contribution in [2.24, 2.45) is 0 Å². The van der Waals surface area contributed by atoms with Crippen molar-refractivity contribution in [2.75, 3.05) is 18.5 Å². The summed E-state index contributed by atoms with van der Waals surface area (Å²) in [5.41, 5.74) is 2.38. The molecular formula is C11H18N2O. The minimum absolute atomic E-state index is 0.132. The Hall–Kier alpha value is -1.09. The standard InChI is InChI=1S/C11H18N2O/c1-8(2)10-6-9(3)7-13-11(10)12-4-5-14/h6-8,14H,4-5H2,1-3H3,(H,12,13). The Morgan fingerprint density at radius 3 is 2.79 bits per heavy atom. The molecule has 0 spiro atoms. The molecule has 0 atom stereocenters. The first-order valence-corrected chi connectivity index (χ1v) is 4.96. The second kappa shape index (κ2) is 4.96. The van der Waals surface area contributed by atoms with Crippen LogP contribution in [0.2, 0.25) is 0 Å². The van der Waals surface area contributed by atoms with Crippen LogP contribution in [-0.2, 0) is 0 Å². The fourth-order valence-electron chi connectivity index (χ4n) is 1.35. The maximum Gasteiger partial charge on any atom is 0.129 e. The topological polar surface area (TPSA) is 45.2 Å². The zero-order chi connectivity index (χ0) is 10.6. The zero-order valence-corrected chi connectivity index (χ0v) is 9.04. The molecule has 1 heterocycles. The number of rotatable bonds is 4. The fraction of sp³-hybridized carbons (Fsp3) is 0.545. The predicted octanol–water partition coefficient (Wildman–Crippen LogP) is 1.92. The molecule has 0 bridgehead atoms. The lowest BCUT2D eigenvalue weighted by Crippen LogP contribution is -2.10. The summed E-state index contributed by atoms with van der Waals surface area (Å²) in [7, 11) is 0. The van der Waals surface area contributed by atoms with Gasteiger partial charge in [0.2, 0.25) is 0 Å². The number of nitrogens with one attached hydrogen (secondary N) is 1. The van der Waals surface area contributed by atoms with E-state index in [0.29, 0.717) is 12.5 Å². The number of nitrogens with zero attached hydrogens (tertiary/aromatic N) is 1. The van der Waals surface area contributed by atoms with Crippen LogP contribution >= 0.6 is 0 Å². The lowest BCUT2D eigenvalue weighted by Gasteiger charge is -2.13. The van der Waals surface area contributed by atoms with Gasteiger partial charge >= 0.3 is 0 Å². The van der Waals surface area contributed by atoms with E-state index >= 15 is 0 Å². The summed E-state index contributed by atoms with van der Waals surface area (Å²) in [6, 6.07) is 2.14. The van der Waals surface area contributed by atoms with Crippen LogP contribution in [0.15, 0.2) is 12.3 Å². The molecule has 1 aromatic rings. The van der Waals surface area contributed by atoms with E-state index in [1.807, 2.05) is 13.1 Å². The Kier molecular flexibility index (Phi) is 3.89. The van der Waals surface area contributed by atoms with E-state index in [1.165, 1.54) is 11.1 Å². The maximum atomic E-state index is 8.72. The van der Waals surface area contributed by atoms with E-state index in [9.17, 15) is 0 Å². The first-order valence-electron chi connectivity index (χ1n) is 4.96. The van der Waals surface area contributed by atoms with Crippen molar-refractivity contribution in [3.05, 3.63) is 23.4 Å². The van der Waals surface area contributed by atoms with Crippen LogP contribution in [0.25, 0.3) is 0 Å². The van der Waals surface area contributed by atoms with E-state index in [0.717, 1.165) is 5.82 Å². The molecular weight excluding hydrogens is 176 g/mol. The van der Waals surface area contributed by atoms with Crippen LogP contribution in [0.1, 0.15) is 30.9 Å². The van der Waals surface area contributed by atoms with E-state index in [1.54, 1.807) is 0 Å². The zero-order valence-electron chi connectivity index (χ0n) is 9.04. The molecule has 0 amide bonds. The molecule has 0 fully saturated rings. The van der Waals surface area contributed by atoms with Crippen molar-refractivity contribution in [3.63, 3.8) is 0 Å². The van der Waals surface area contributed by atoms with E-state index in [2.05, 4.69) is 30.2 Å². The van der Waals surface area contributed by atoms with E-state index in [-0.39, 0.29) is 6.61 Å². The number of aryl methyl sites for hydroxylation is 1. The van der Waals surface area contributed by atoms with E-state index < -0.39 is 0 Å². The summed E-state index contributed by atoms with van der Waals surface area (Å²) < 4.78 is 0. The predicted molar refractivity (Wildman–Crippen MR) is 58.6 cm³/mol. The van der Waals surface area contributed by atoms with Crippen molar-refractivity contribution in [3.8, 4) is 0 Å². The van der Waals surface area contributed by atoms with Crippen molar-refractivity contribution in [1.29, 1.82) is 0 Å². The van der Waals surface area contributed by atoms with Crippen LogP contribution < -0.4 is 5.32 Å². The second-order valence-electron chi connectivity index (χ2n) is 3.76. The molecule has 1 aromatic heterocycles. The fourth-order valence-corrected chi connectivity index (χ4v) is 1.35. The minimum Gasteiger partial charge on any atom is -0.395 e. The Morgan fingerprint density at radius 2 is 2.21 bits per heavy atom. The summed E-state index contributed by atoms with van der Waals surface area (Å²) >= 11 is 0. The largest absolute Gasteiger partial charge is 0.395 e. The Bertz CT molecular complexity index is 297. The lowest BCUT2D eigenvalue weighted by molar-refractivity contribution is 0.311. The number of hydrogen-bond acceptors (Lipinski definition) is 3. The highest BCUT2D eigenvalue weighted by Crippen LogP contribution is 2.22. The van der Waals surface area contributed by atoms with Gasteiger partial charge in [0.05, 0.1) is 6.61 Å². The van der Waals surface area contributed by atoms with Gasteiger partial charge < -0.3 is 10.4 Å². The van der Waals surface area contributed by atoms with Crippen LogP contribution in [0.4, 0.5) is 5.82 Å². The number of aromatic nitrogens is 1. The molecule has 1 rings (SSSR count). The van der Waals surface area contributed by atoms with Gasteiger partial charge in [0.1, 0.15) is 5.82 Å². The quantitative estimate of drug-likeness (QED) is 0.769. The monoisotopic (exact) mass is 194 g/mol. The van der Waals surface area contributed by atoms with Gasteiger partial charge in [0.25, 0.3) is 0 Å². The SMILES string of the molecule is Cc1cnc(NCCO)c(C(C)C)c1. The van der Waals surface area contributed by atoms with Crippen LogP contribution in [0.3, 0.4) is 0 Å². The Labute approximate surface area is 85.2 Å². The average molecular weight is 194 g/mol. The molecule has 0 unspecified atom stereocenters. The van der Waals surface area contributed by atoms with Gasteiger partial charge in [-0.25, -0.2) is 4.98 Å². The number of aliphatic hydroxyl groups excluding tert-OH is 1. The summed E-state index contributed by atoms with van der Waals surface area (Å²) in [6.07, 6.45) is 1.84. The molecule has 3 heteroatoms. The summed E-state index contributed by atoms with van der Waals surface area (Å²) in [5, 5.41) is 11.8. The van der Waals surface area contributed by atoms with Gasteiger partial charge in [-0.3, -0.25) is 0 Å². The molecule has 0 aliphatic heterocycles. The normalized spacial score (nSPS) is 10.6. The molecule has 0 saturated carbocycles. The van der Waals surface area contributed by atoms with Crippen LogP contribution in [-0.4, -0.2) is 23.2 Å². The summed E-state index contributed by atoms with van der Waals surface area (Å²) in [4.78, 5) is 4.31. The minimum atomic E-state index is 0.132. The third kappa shape index (κ3) is 2.70. The highest BCUT2D eigenvalue weighted by atomic mass is 16.3. The molecule has 78 valence electrons. The molecule has 0 aromatic carbocycles. The van der Waals surface area contributed by atoms with Crippen LogP contribution in [0, 0.1) is 6.92 Å². The molecule has 14 heavy (non-hydrogen) atoms. The lowest BCUT2D eigenvalue weighted by atomic mass is 10.0. The Balaban J connectivity index is 2.90. The third-order valence-corrected chi connectivity index (χ3v) is 2.08. The summed E-state index contributed by atoms with van der Waals surface area (Å²) in [5.74, 6) is 1.34. The van der Waals surface area contributed by atoms with E-state index in [4.69, 9.17) is 5.11 Å². The van der Waals surface area contributed by atoms with Gasteiger partial charge in [-0.2, -0.15) is 0 Å². The maximum absolute atomic E-state index is 8.72. The highest BCUT2D eigenvalue weighted by Gasteiger charge is 2.07. The number of aliphatic hydroxyl groups is 1. The summed E-state index contributed by atoms with van der Waals surface area (Å²) in [6.45, 7) is 7.00. The van der Waals surface area contributed by atoms with Gasteiger partial charge in [0, 0.05) is 12.7 Å². The van der Waals surface area contributed by atoms with Crippen molar-refractivity contribution >= 4 is 5.82 Å². The van der Waals surface area contributed by atoms with Gasteiger partial charge in [-0.15, -0.1) is 0 Å².